The summed E-state index contributed by atoms with van der Waals surface area (Å²) < 4.78 is 56.3. The van der Waals surface area contributed by atoms with Crippen LogP contribution in [0.25, 0.3) is 22.3 Å². The lowest BCUT2D eigenvalue weighted by Gasteiger charge is -2.29. The van der Waals surface area contributed by atoms with Gasteiger partial charge in [-0.1, -0.05) is 95.2 Å². The Morgan fingerprint density at radius 3 is 2.10 bits per heavy atom. The topological polar surface area (TPSA) is 18.5 Å². The Morgan fingerprint density at radius 1 is 0.725 bits per heavy atom. The Balaban J connectivity index is 1.35. The molecular formula is C35H43F3O2. The third-order valence-electron chi connectivity index (χ3n) is 8.00. The van der Waals surface area contributed by atoms with Crippen molar-refractivity contribution in [1.82, 2.24) is 0 Å². The van der Waals surface area contributed by atoms with Gasteiger partial charge in [0.1, 0.15) is 5.82 Å². The van der Waals surface area contributed by atoms with Crippen molar-refractivity contribution in [2.24, 2.45) is 5.92 Å². The van der Waals surface area contributed by atoms with Gasteiger partial charge in [-0.3, -0.25) is 0 Å². The van der Waals surface area contributed by atoms with E-state index in [0.29, 0.717) is 30.3 Å². The zero-order valence-corrected chi connectivity index (χ0v) is 24.0. The van der Waals surface area contributed by atoms with Crippen molar-refractivity contribution in [2.45, 2.75) is 90.6 Å². The second kappa shape index (κ2) is 15.3. The third kappa shape index (κ3) is 7.90. The first-order valence-corrected chi connectivity index (χ1v) is 15.1. The van der Waals surface area contributed by atoms with Crippen LogP contribution in [0.1, 0.15) is 96.1 Å². The van der Waals surface area contributed by atoms with Gasteiger partial charge in [0.05, 0.1) is 19.3 Å². The van der Waals surface area contributed by atoms with Crippen LogP contribution in [0.5, 0.6) is 5.75 Å². The standard InChI is InChI=1S/C35H43F3O2/c1-3-5-6-7-8-9-10-22-39-33-21-19-29(34(37)35(33)38)27-15-13-26(14-16-27)28-17-18-30(31(36)23-28)32-20-12-25(11-4-2)24-40-32/h13-19,21,23,25,32H,3-12,20,22,24H2,1-2H3. The first kappa shape index (κ1) is 30.2. The molecule has 3 aromatic carbocycles. The van der Waals surface area contributed by atoms with Crippen LogP contribution in [0.4, 0.5) is 13.2 Å². The highest BCUT2D eigenvalue weighted by atomic mass is 19.2. The molecule has 4 rings (SSSR count). The number of hydrogen-bond acceptors (Lipinski definition) is 2. The van der Waals surface area contributed by atoms with E-state index in [-0.39, 0.29) is 23.2 Å². The normalized spacial score (nSPS) is 17.2. The summed E-state index contributed by atoms with van der Waals surface area (Å²) in [6.45, 7) is 5.43. The lowest BCUT2D eigenvalue weighted by atomic mass is 9.91. The SMILES string of the molecule is CCCCCCCCCOc1ccc(-c2ccc(-c3ccc(C4CCC(CCC)CO4)c(F)c3)cc2)c(F)c1F. The maximum Gasteiger partial charge on any atom is 0.201 e. The third-order valence-corrected chi connectivity index (χ3v) is 8.00. The Kier molecular flexibility index (Phi) is 11.5. The van der Waals surface area contributed by atoms with Gasteiger partial charge in [-0.25, -0.2) is 8.78 Å². The molecule has 0 aliphatic carbocycles. The van der Waals surface area contributed by atoms with Crippen LogP contribution in [0.3, 0.4) is 0 Å². The van der Waals surface area contributed by atoms with E-state index >= 15 is 4.39 Å². The number of benzene rings is 3. The van der Waals surface area contributed by atoms with Gasteiger partial charge in [-0.15, -0.1) is 0 Å². The molecule has 0 N–H and O–H groups in total. The van der Waals surface area contributed by atoms with E-state index < -0.39 is 11.6 Å². The predicted molar refractivity (Wildman–Crippen MR) is 157 cm³/mol. The van der Waals surface area contributed by atoms with Gasteiger partial charge in [-0.05, 0) is 66.5 Å². The minimum absolute atomic E-state index is 0.0535. The maximum absolute atomic E-state index is 15.1. The fraction of sp³-hybridized carbons (Fsp3) is 0.486. The summed E-state index contributed by atoms with van der Waals surface area (Å²) in [4.78, 5) is 0. The minimum Gasteiger partial charge on any atom is -0.490 e. The van der Waals surface area contributed by atoms with Crippen LogP contribution in [0.2, 0.25) is 0 Å². The second-order valence-corrected chi connectivity index (χ2v) is 11.1. The molecule has 1 saturated heterocycles. The van der Waals surface area contributed by atoms with E-state index in [0.717, 1.165) is 56.1 Å². The van der Waals surface area contributed by atoms with Crippen molar-refractivity contribution in [3.05, 3.63) is 77.6 Å². The first-order valence-electron chi connectivity index (χ1n) is 15.1. The van der Waals surface area contributed by atoms with Gasteiger partial charge < -0.3 is 9.47 Å². The highest BCUT2D eigenvalue weighted by molar-refractivity contribution is 5.71. The maximum atomic E-state index is 15.1. The number of rotatable bonds is 14. The predicted octanol–water partition coefficient (Wildman–Crippen LogP) is 10.8. The van der Waals surface area contributed by atoms with Gasteiger partial charge in [-0.2, -0.15) is 4.39 Å². The van der Waals surface area contributed by atoms with E-state index in [2.05, 4.69) is 13.8 Å². The van der Waals surface area contributed by atoms with Gasteiger partial charge in [0, 0.05) is 11.1 Å². The van der Waals surface area contributed by atoms with E-state index in [4.69, 9.17) is 9.47 Å². The Hall–Kier alpha value is -2.79. The first-order chi connectivity index (χ1) is 19.5. The second-order valence-electron chi connectivity index (χ2n) is 11.1. The van der Waals surface area contributed by atoms with E-state index in [1.807, 2.05) is 12.1 Å². The molecule has 0 radical (unpaired) electrons. The average Bonchev–Trinajstić information content (AvgIpc) is 2.97. The molecule has 3 aromatic rings. The molecule has 0 aromatic heterocycles. The molecule has 2 unspecified atom stereocenters. The molecule has 0 bridgehead atoms. The van der Waals surface area contributed by atoms with Gasteiger partial charge in [0.2, 0.25) is 5.82 Å². The molecule has 2 nitrogen and oxygen atoms in total. The van der Waals surface area contributed by atoms with Crippen LogP contribution in [-0.2, 0) is 4.74 Å². The van der Waals surface area contributed by atoms with Crippen molar-refractivity contribution in [1.29, 1.82) is 0 Å². The lowest BCUT2D eigenvalue weighted by molar-refractivity contribution is -0.0211. The monoisotopic (exact) mass is 552 g/mol. The van der Waals surface area contributed by atoms with Gasteiger partial charge in [0.15, 0.2) is 11.6 Å². The van der Waals surface area contributed by atoms with Crippen molar-refractivity contribution in [2.75, 3.05) is 13.2 Å². The Labute approximate surface area is 237 Å². The van der Waals surface area contributed by atoms with E-state index in [1.54, 1.807) is 30.3 Å². The Morgan fingerprint density at radius 2 is 1.43 bits per heavy atom. The van der Waals surface area contributed by atoms with Crippen molar-refractivity contribution in [3.63, 3.8) is 0 Å². The Bertz CT molecular complexity index is 1200. The molecule has 1 fully saturated rings. The number of unbranched alkanes of at least 4 members (excludes halogenated alkanes) is 6. The summed E-state index contributed by atoms with van der Waals surface area (Å²) in [5, 5.41) is 0. The molecule has 5 heteroatoms. The molecule has 1 heterocycles. The highest BCUT2D eigenvalue weighted by Crippen LogP contribution is 2.36. The number of ether oxygens (including phenoxy) is 2. The molecule has 2 atom stereocenters. The van der Waals surface area contributed by atoms with Gasteiger partial charge >= 0.3 is 0 Å². The smallest absolute Gasteiger partial charge is 0.201 e. The molecule has 1 aliphatic heterocycles. The summed E-state index contributed by atoms with van der Waals surface area (Å²) in [5.74, 6) is -1.65. The summed E-state index contributed by atoms with van der Waals surface area (Å²) in [6.07, 6.45) is 11.9. The quantitative estimate of drug-likeness (QED) is 0.185. The van der Waals surface area contributed by atoms with Crippen LogP contribution in [0.15, 0.2) is 54.6 Å². The fourth-order valence-corrected chi connectivity index (χ4v) is 5.60. The lowest BCUT2D eigenvalue weighted by Crippen LogP contribution is -2.21. The summed E-state index contributed by atoms with van der Waals surface area (Å²) in [5.41, 5.74) is 2.85. The molecule has 40 heavy (non-hydrogen) atoms. The van der Waals surface area contributed by atoms with Crippen LogP contribution in [-0.4, -0.2) is 13.2 Å². The fourth-order valence-electron chi connectivity index (χ4n) is 5.60. The van der Waals surface area contributed by atoms with Crippen LogP contribution < -0.4 is 4.74 Å². The molecule has 0 spiro atoms. The van der Waals surface area contributed by atoms with E-state index in [1.165, 1.54) is 37.8 Å². The molecule has 1 aliphatic rings. The van der Waals surface area contributed by atoms with Crippen LogP contribution >= 0.6 is 0 Å². The largest absolute Gasteiger partial charge is 0.490 e. The zero-order valence-electron chi connectivity index (χ0n) is 24.0. The summed E-state index contributed by atoms with van der Waals surface area (Å²) >= 11 is 0. The van der Waals surface area contributed by atoms with Crippen molar-refractivity contribution < 1.29 is 22.6 Å². The molecule has 0 saturated carbocycles. The van der Waals surface area contributed by atoms with Crippen molar-refractivity contribution in [3.8, 4) is 28.0 Å². The molecule has 216 valence electrons. The summed E-state index contributed by atoms with van der Waals surface area (Å²) in [6, 6.07) is 15.4. The highest BCUT2D eigenvalue weighted by Gasteiger charge is 2.25. The number of halogens is 3. The minimum atomic E-state index is -0.965. The summed E-state index contributed by atoms with van der Waals surface area (Å²) in [7, 11) is 0. The zero-order chi connectivity index (χ0) is 28.3. The van der Waals surface area contributed by atoms with Crippen molar-refractivity contribution >= 4 is 0 Å². The number of hydrogen-bond donors (Lipinski definition) is 0. The van der Waals surface area contributed by atoms with E-state index in [9.17, 15) is 8.78 Å². The van der Waals surface area contributed by atoms with Gasteiger partial charge in [0.25, 0.3) is 0 Å². The average molecular weight is 553 g/mol. The van der Waals surface area contributed by atoms with Crippen LogP contribution in [0, 0.1) is 23.4 Å². The molecule has 0 amide bonds. The molecular weight excluding hydrogens is 509 g/mol.